The van der Waals surface area contributed by atoms with E-state index in [1.54, 1.807) is 6.07 Å². The second kappa shape index (κ2) is 9.10. The quantitative estimate of drug-likeness (QED) is 0.682. The molecule has 0 spiro atoms. The molecule has 124 valence electrons. The number of carbonyl (C=O) groups excluding carboxylic acids is 1. The minimum atomic E-state index is -0.448. The summed E-state index contributed by atoms with van der Waals surface area (Å²) in [7, 11) is 3.82. The van der Waals surface area contributed by atoms with Crippen LogP contribution in [0.3, 0.4) is 0 Å². The molecule has 0 radical (unpaired) electrons. The number of rotatable bonds is 8. The Morgan fingerprint density at radius 3 is 2.68 bits per heavy atom. The zero-order valence-electron chi connectivity index (χ0n) is 13.7. The molecular weight excluding hydrogens is 302 g/mol. The summed E-state index contributed by atoms with van der Waals surface area (Å²) < 4.78 is 0. The number of nitrogens with zero attached hydrogens (tertiary/aromatic N) is 1. The van der Waals surface area contributed by atoms with E-state index >= 15 is 0 Å². The highest BCUT2D eigenvalue weighted by molar-refractivity contribution is 6.31. The molecule has 5 nitrogen and oxygen atoms in total. The van der Waals surface area contributed by atoms with E-state index in [1.807, 2.05) is 45.0 Å². The number of aliphatic hydroxyl groups excluding tert-OH is 1. The van der Waals surface area contributed by atoms with Gasteiger partial charge in [-0.05, 0) is 45.6 Å². The highest BCUT2D eigenvalue weighted by Crippen LogP contribution is 2.20. The molecule has 1 rings (SSSR count). The van der Waals surface area contributed by atoms with Crippen molar-refractivity contribution in [2.75, 3.05) is 32.5 Å². The van der Waals surface area contributed by atoms with Crippen LogP contribution in [-0.2, 0) is 4.79 Å². The number of hydrogen-bond donors (Lipinski definition) is 3. The van der Waals surface area contributed by atoms with E-state index < -0.39 is 6.10 Å². The van der Waals surface area contributed by atoms with Gasteiger partial charge >= 0.3 is 0 Å². The van der Waals surface area contributed by atoms with Gasteiger partial charge in [0, 0.05) is 36.3 Å². The maximum Gasteiger partial charge on any atom is 0.225 e. The minimum absolute atomic E-state index is 0.0160. The van der Waals surface area contributed by atoms with E-state index in [9.17, 15) is 9.90 Å². The first kappa shape index (κ1) is 18.9. The Kier molecular flexibility index (Phi) is 7.82. The molecule has 1 aromatic rings. The van der Waals surface area contributed by atoms with Crippen LogP contribution in [0, 0.1) is 6.92 Å². The Morgan fingerprint density at radius 1 is 1.41 bits per heavy atom. The molecule has 0 saturated heterocycles. The van der Waals surface area contributed by atoms with Crippen LogP contribution in [0.1, 0.15) is 18.9 Å². The zero-order valence-corrected chi connectivity index (χ0v) is 14.4. The second-order valence-electron chi connectivity index (χ2n) is 5.94. The van der Waals surface area contributed by atoms with Gasteiger partial charge in [-0.25, -0.2) is 0 Å². The van der Waals surface area contributed by atoms with Crippen molar-refractivity contribution >= 4 is 23.2 Å². The number of likely N-dealkylation sites (N-methyl/N-ethyl adjacent to an activating group) is 1. The number of nitrogens with one attached hydrogen (secondary N) is 2. The minimum Gasteiger partial charge on any atom is -0.390 e. The standard InChI is InChI=1S/C16H26ClN3O2/c1-11-5-6-13(8-15(11)17)19-16(22)7-12(2)18-9-14(21)10-20(3)4/h5-6,8,12,14,18,21H,7,9-10H2,1-4H3,(H,19,22). The predicted octanol–water partition coefficient (Wildman–Crippen LogP) is 1.88. The fraction of sp³-hybridized carbons (Fsp3) is 0.562. The molecule has 0 fully saturated rings. The van der Waals surface area contributed by atoms with Gasteiger partial charge in [0.15, 0.2) is 0 Å². The molecule has 0 saturated carbocycles. The van der Waals surface area contributed by atoms with Gasteiger partial charge in [0.1, 0.15) is 0 Å². The third-order valence-corrected chi connectivity index (χ3v) is 3.63. The molecule has 0 aliphatic heterocycles. The van der Waals surface area contributed by atoms with Gasteiger partial charge in [-0.3, -0.25) is 4.79 Å². The summed E-state index contributed by atoms with van der Waals surface area (Å²) in [6.07, 6.45) is -0.114. The fourth-order valence-corrected chi connectivity index (χ4v) is 2.24. The Hall–Kier alpha value is -1.14. The van der Waals surface area contributed by atoms with E-state index in [-0.39, 0.29) is 11.9 Å². The summed E-state index contributed by atoms with van der Waals surface area (Å²) in [6.45, 7) is 4.89. The van der Waals surface area contributed by atoms with E-state index in [1.165, 1.54) is 0 Å². The SMILES string of the molecule is Cc1ccc(NC(=O)CC(C)NCC(O)CN(C)C)cc1Cl. The van der Waals surface area contributed by atoms with E-state index in [0.29, 0.717) is 30.2 Å². The van der Waals surface area contributed by atoms with Crippen molar-refractivity contribution < 1.29 is 9.90 Å². The van der Waals surface area contributed by atoms with Gasteiger partial charge in [-0.1, -0.05) is 17.7 Å². The molecular formula is C16H26ClN3O2. The van der Waals surface area contributed by atoms with E-state index in [2.05, 4.69) is 10.6 Å². The number of amides is 1. The van der Waals surface area contributed by atoms with Crippen LogP contribution in [0.15, 0.2) is 18.2 Å². The molecule has 0 aromatic heterocycles. The molecule has 0 aliphatic rings. The van der Waals surface area contributed by atoms with Crippen molar-refractivity contribution in [2.24, 2.45) is 0 Å². The summed E-state index contributed by atoms with van der Waals surface area (Å²) >= 11 is 6.03. The average molecular weight is 328 g/mol. The molecule has 2 atom stereocenters. The van der Waals surface area contributed by atoms with Crippen LogP contribution < -0.4 is 10.6 Å². The first-order valence-electron chi connectivity index (χ1n) is 7.40. The van der Waals surface area contributed by atoms with E-state index in [0.717, 1.165) is 5.56 Å². The number of aliphatic hydroxyl groups is 1. The lowest BCUT2D eigenvalue weighted by Crippen LogP contribution is -2.40. The van der Waals surface area contributed by atoms with Gasteiger partial charge in [0.05, 0.1) is 6.10 Å². The highest BCUT2D eigenvalue weighted by Gasteiger charge is 2.12. The number of halogens is 1. The Labute approximate surface area is 137 Å². The number of carbonyl (C=O) groups is 1. The predicted molar refractivity (Wildman–Crippen MR) is 91.5 cm³/mol. The molecule has 0 bridgehead atoms. The average Bonchev–Trinajstić information content (AvgIpc) is 2.40. The topological polar surface area (TPSA) is 64.6 Å². The summed E-state index contributed by atoms with van der Waals surface area (Å²) in [5.41, 5.74) is 1.67. The number of anilines is 1. The lowest BCUT2D eigenvalue weighted by atomic mass is 10.2. The van der Waals surface area contributed by atoms with Crippen molar-refractivity contribution in [3.05, 3.63) is 28.8 Å². The van der Waals surface area contributed by atoms with Crippen LogP contribution in [0.4, 0.5) is 5.69 Å². The summed E-state index contributed by atoms with van der Waals surface area (Å²) in [5.74, 6) is -0.0815. The van der Waals surface area contributed by atoms with Crippen molar-refractivity contribution in [2.45, 2.75) is 32.4 Å². The molecule has 0 heterocycles. The molecule has 3 N–H and O–H groups in total. The van der Waals surface area contributed by atoms with Crippen molar-refractivity contribution in [1.82, 2.24) is 10.2 Å². The largest absolute Gasteiger partial charge is 0.390 e. The fourth-order valence-electron chi connectivity index (χ4n) is 2.06. The first-order valence-corrected chi connectivity index (χ1v) is 7.78. The van der Waals surface area contributed by atoms with Crippen molar-refractivity contribution in [1.29, 1.82) is 0 Å². The second-order valence-corrected chi connectivity index (χ2v) is 6.35. The lowest BCUT2D eigenvalue weighted by Gasteiger charge is -2.19. The number of hydrogen-bond acceptors (Lipinski definition) is 4. The monoisotopic (exact) mass is 327 g/mol. The molecule has 1 amide bonds. The first-order chi connectivity index (χ1) is 10.3. The van der Waals surface area contributed by atoms with Crippen molar-refractivity contribution in [3.8, 4) is 0 Å². The molecule has 0 aliphatic carbocycles. The maximum absolute atomic E-state index is 12.0. The van der Waals surface area contributed by atoms with Gasteiger partial charge in [0.25, 0.3) is 0 Å². The summed E-state index contributed by atoms with van der Waals surface area (Å²) in [5, 5.41) is 16.4. The van der Waals surface area contributed by atoms with Gasteiger partial charge in [0.2, 0.25) is 5.91 Å². The summed E-state index contributed by atoms with van der Waals surface area (Å²) in [6, 6.07) is 5.43. The third kappa shape index (κ3) is 7.22. The smallest absolute Gasteiger partial charge is 0.225 e. The number of aryl methyl sites for hydroxylation is 1. The zero-order chi connectivity index (χ0) is 16.7. The summed E-state index contributed by atoms with van der Waals surface area (Å²) in [4.78, 5) is 13.9. The maximum atomic E-state index is 12.0. The van der Waals surface area contributed by atoms with Crippen LogP contribution in [-0.4, -0.2) is 55.2 Å². The van der Waals surface area contributed by atoms with Crippen LogP contribution >= 0.6 is 11.6 Å². The molecule has 22 heavy (non-hydrogen) atoms. The van der Waals surface area contributed by atoms with Crippen LogP contribution in [0.25, 0.3) is 0 Å². The Bertz CT molecular complexity index is 494. The normalized spacial score (nSPS) is 14.0. The van der Waals surface area contributed by atoms with E-state index in [4.69, 9.17) is 11.6 Å². The lowest BCUT2D eigenvalue weighted by molar-refractivity contribution is -0.116. The Balaban J connectivity index is 2.36. The van der Waals surface area contributed by atoms with Crippen molar-refractivity contribution in [3.63, 3.8) is 0 Å². The molecule has 1 aromatic carbocycles. The number of benzene rings is 1. The molecule has 2 unspecified atom stereocenters. The van der Waals surface area contributed by atoms with Gasteiger partial charge in [-0.15, -0.1) is 0 Å². The molecule has 6 heteroatoms. The van der Waals surface area contributed by atoms with Crippen LogP contribution in [0.2, 0.25) is 5.02 Å². The Morgan fingerprint density at radius 2 is 2.09 bits per heavy atom. The highest BCUT2D eigenvalue weighted by atomic mass is 35.5. The van der Waals surface area contributed by atoms with Gasteiger partial charge in [-0.2, -0.15) is 0 Å². The third-order valence-electron chi connectivity index (χ3n) is 3.23. The van der Waals surface area contributed by atoms with Crippen LogP contribution in [0.5, 0.6) is 0 Å². The van der Waals surface area contributed by atoms with Gasteiger partial charge < -0.3 is 20.6 Å².